The summed E-state index contributed by atoms with van der Waals surface area (Å²) in [6.45, 7) is 24.9. The Bertz CT molecular complexity index is 270. The van der Waals surface area contributed by atoms with Gasteiger partial charge in [0.1, 0.15) is 0 Å². The molecule has 0 radical (unpaired) electrons. The van der Waals surface area contributed by atoms with Crippen LogP contribution in [0.3, 0.4) is 0 Å². The van der Waals surface area contributed by atoms with E-state index in [9.17, 15) is 0 Å². The Morgan fingerprint density at radius 1 is 0.450 bits per heavy atom. The Hall–Kier alpha value is 0.0969. The Balaban J connectivity index is 5.78. The molecular formula is C16H36O3Si. The molecule has 0 rings (SSSR count). The third kappa shape index (κ3) is 7.20. The summed E-state index contributed by atoms with van der Waals surface area (Å²) in [6, 6.07) is 0. The summed E-state index contributed by atoms with van der Waals surface area (Å²) >= 11 is 0. The van der Waals surface area contributed by atoms with Crippen LogP contribution in [0.25, 0.3) is 0 Å². The van der Waals surface area contributed by atoms with E-state index in [1.165, 1.54) is 0 Å². The van der Waals surface area contributed by atoms with Gasteiger partial charge in [-0.3, -0.25) is 0 Å². The summed E-state index contributed by atoms with van der Waals surface area (Å²) in [5.41, 5.74) is -0.929. The summed E-state index contributed by atoms with van der Waals surface area (Å²) in [6.07, 6.45) is 0. The molecule has 0 aliphatic carbocycles. The smallest absolute Gasteiger partial charge is 0.368 e. The molecule has 0 N–H and O–H groups in total. The molecule has 0 saturated carbocycles. The Morgan fingerprint density at radius 2 is 0.650 bits per heavy atom. The van der Waals surface area contributed by atoms with E-state index in [4.69, 9.17) is 13.3 Å². The largest absolute Gasteiger partial charge is 0.507 e. The lowest BCUT2D eigenvalue weighted by atomic mass is 10.2. The Morgan fingerprint density at radius 3 is 0.750 bits per heavy atom. The second-order valence-electron chi connectivity index (χ2n) is 9.45. The van der Waals surface area contributed by atoms with Gasteiger partial charge in [-0.1, -0.05) is 20.8 Å². The fourth-order valence-corrected chi connectivity index (χ4v) is 5.19. The van der Waals surface area contributed by atoms with Crippen LogP contribution in [0.2, 0.25) is 5.04 Å². The standard InChI is InChI=1S/C16H36O3Si/c1-13(2,3)17-20(16(10,11)12,18-14(4,5)6)19-15(7,8)9/h1-12H3. The summed E-state index contributed by atoms with van der Waals surface area (Å²) in [7, 11) is -2.90. The number of rotatable bonds is 3. The fraction of sp³-hybridized carbons (Fsp3) is 1.00. The molecule has 122 valence electrons. The van der Waals surface area contributed by atoms with Crippen LogP contribution in [0.1, 0.15) is 83.1 Å². The third-order valence-electron chi connectivity index (χ3n) is 2.24. The number of hydrogen-bond acceptors (Lipinski definition) is 3. The fourth-order valence-electron chi connectivity index (χ4n) is 1.73. The minimum absolute atomic E-state index is 0.194. The lowest BCUT2D eigenvalue weighted by Crippen LogP contribution is -2.62. The molecule has 0 spiro atoms. The summed E-state index contributed by atoms with van der Waals surface area (Å²) in [5.74, 6) is 0. The van der Waals surface area contributed by atoms with E-state index in [1.54, 1.807) is 0 Å². The lowest BCUT2D eigenvalue weighted by molar-refractivity contribution is -0.0874. The molecule has 0 aromatic carbocycles. The van der Waals surface area contributed by atoms with Gasteiger partial charge in [-0.25, -0.2) is 0 Å². The average molecular weight is 305 g/mol. The van der Waals surface area contributed by atoms with Gasteiger partial charge in [-0.15, -0.1) is 0 Å². The van der Waals surface area contributed by atoms with Crippen LogP contribution in [0, 0.1) is 0 Å². The highest BCUT2D eigenvalue weighted by Gasteiger charge is 2.58. The van der Waals surface area contributed by atoms with Crippen LogP contribution in [0.5, 0.6) is 0 Å². The minimum atomic E-state index is -2.90. The van der Waals surface area contributed by atoms with Crippen molar-refractivity contribution in [3.05, 3.63) is 0 Å². The van der Waals surface area contributed by atoms with Crippen molar-refractivity contribution >= 4 is 8.80 Å². The van der Waals surface area contributed by atoms with E-state index in [2.05, 4.69) is 83.1 Å². The van der Waals surface area contributed by atoms with Crippen LogP contribution in [-0.2, 0) is 13.3 Å². The predicted octanol–water partition coefficient (Wildman–Crippen LogP) is 5.17. The first kappa shape index (κ1) is 20.1. The van der Waals surface area contributed by atoms with Crippen molar-refractivity contribution in [2.45, 2.75) is 105 Å². The van der Waals surface area contributed by atoms with Crippen molar-refractivity contribution in [1.82, 2.24) is 0 Å². The summed E-state index contributed by atoms with van der Waals surface area (Å²) < 4.78 is 19.3. The van der Waals surface area contributed by atoms with Gasteiger partial charge in [0.15, 0.2) is 0 Å². The summed E-state index contributed by atoms with van der Waals surface area (Å²) in [4.78, 5) is 0. The van der Waals surface area contributed by atoms with Crippen molar-refractivity contribution < 1.29 is 13.3 Å². The van der Waals surface area contributed by atoms with Crippen LogP contribution in [0.4, 0.5) is 0 Å². The van der Waals surface area contributed by atoms with Crippen LogP contribution in [0.15, 0.2) is 0 Å². The van der Waals surface area contributed by atoms with Crippen molar-refractivity contribution in [2.24, 2.45) is 0 Å². The van der Waals surface area contributed by atoms with Gasteiger partial charge >= 0.3 is 8.80 Å². The van der Waals surface area contributed by atoms with E-state index in [0.717, 1.165) is 0 Å². The van der Waals surface area contributed by atoms with Crippen LogP contribution < -0.4 is 0 Å². The van der Waals surface area contributed by atoms with E-state index in [-0.39, 0.29) is 21.8 Å². The van der Waals surface area contributed by atoms with E-state index < -0.39 is 8.80 Å². The van der Waals surface area contributed by atoms with E-state index in [0.29, 0.717) is 0 Å². The predicted molar refractivity (Wildman–Crippen MR) is 88.0 cm³/mol. The molecule has 0 aromatic heterocycles. The van der Waals surface area contributed by atoms with Gasteiger partial charge in [0.2, 0.25) is 0 Å². The molecule has 20 heavy (non-hydrogen) atoms. The maximum Gasteiger partial charge on any atom is 0.507 e. The van der Waals surface area contributed by atoms with Gasteiger partial charge in [-0.05, 0) is 62.3 Å². The molecule has 0 atom stereocenters. The van der Waals surface area contributed by atoms with Crippen LogP contribution in [-0.4, -0.2) is 25.6 Å². The SMILES string of the molecule is CC(C)(C)O[Si](OC(C)(C)C)(OC(C)(C)C)C(C)(C)C. The van der Waals surface area contributed by atoms with Crippen molar-refractivity contribution in [3.8, 4) is 0 Å². The highest BCUT2D eigenvalue weighted by atomic mass is 28.4. The molecule has 0 aliphatic heterocycles. The molecule has 0 saturated heterocycles. The normalized spacial score (nSPS) is 15.6. The quantitative estimate of drug-likeness (QED) is 0.673. The highest BCUT2D eigenvalue weighted by molar-refractivity contribution is 6.64. The van der Waals surface area contributed by atoms with Crippen LogP contribution >= 0.6 is 0 Å². The van der Waals surface area contributed by atoms with Crippen molar-refractivity contribution in [3.63, 3.8) is 0 Å². The second-order valence-corrected chi connectivity index (χ2v) is 12.7. The molecule has 0 aromatic rings. The second kappa shape index (κ2) is 5.71. The van der Waals surface area contributed by atoms with Crippen molar-refractivity contribution in [1.29, 1.82) is 0 Å². The zero-order valence-corrected chi connectivity index (χ0v) is 16.7. The first-order chi connectivity index (χ1) is 8.37. The molecule has 0 fully saturated rings. The first-order valence-corrected chi connectivity index (χ1v) is 9.20. The monoisotopic (exact) mass is 304 g/mol. The van der Waals surface area contributed by atoms with Crippen molar-refractivity contribution in [2.75, 3.05) is 0 Å². The number of hydrogen-bond donors (Lipinski definition) is 0. The Labute approximate surface area is 127 Å². The van der Waals surface area contributed by atoms with Gasteiger partial charge in [-0.2, -0.15) is 0 Å². The molecule has 4 heteroatoms. The molecule has 0 bridgehead atoms. The Kier molecular flexibility index (Phi) is 5.74. The molecule has 0 amide bonds. The van der Waals surface area contributed by atoms with Gasteiger partial charge in [0, 0.05) is 5.04 Å². The lowest BCUT2D eigenvalue weighted by Gasteiger charge is -2.48. The third-order valence-corrected chi connectivity index (χ3v) is 6.72. The summed E-state index contributed by atoms with van der Waals surface area (Å²) in [5, 5.41) is -0.194. The minimum Gasteiger partial charge on any atom is -0.368 e. The molecular weight excluding hydrogens is 268 g/mol. The molecule has 0 aliphatic rings. The maximum atomic E-state index is 6.44. The van der Waals surface area contributed by atoms with Gasteiger partial charge < -0.3 is 13.3 Å². The zero-order chi connectivity index (χ0) is 16.6. The zero-order valence-electron chi connectivity index (χ0n) is 15.7. The molecule has 3 nitrogen and oxygen atoms in total. The van der Waals surface area contributed by atoms with E-state index >= 15 is 0 Å². The van der Waals surface area contributed by atoms with E-state index in [1.807, 2.05) is 0 Å². The maximum absolute atomic E-state index is 6.44. The molecule has 0 heterocycles. The molecule has 0 unspecified atom stereocenters. The van der Waals surface area contributed by atoms with Gasteiger partial charge in [0.05, 0.1) is 16.8 Å². The average Bonchev–Trinajstić information content (AvgIpc) is 1.88. The topological polar surface area (TPSA) is 27.7 Å². The first-order valence-electron chi connectivity index (χ1n) is 7.47. The van der Waals surface area contributed by atoms with Gasteiger partial charge in [0.25, 0.3) is 0 Å². The highest BCUT2D eigenvalue weighted by Crippen LogP contribution is 2.44.